The van der Waals surface area contributed by atoms with Gasteiger partial charge in [0.15, 0.2) is 11.5 Å². The predicted octanol–water partition coefficient (Wildman–Crippen LogP) is 6.28. The molecule has 0 atom stereocenters. The first-order chi connectivity index (χ1) is 16.7. The number of ether oxygens (including phenoxy) is 2. The Hall–Kier alpha value is -3.94. The maximum atomic E-state index is 13.1. The van der Waals surface area contributed by atoms with Crippen LogP contribution in [0.2, 0.25) is 5.02 Å². The third-order valence-corrected chi connectivity index (χ3v) is 5.53. The normalized spacial score (nSPS) is 10.9. The van der Waals surface area contributed by atoms with Crippen molar-refractivity contribution in [1.29, 1.82) is 5.26 Å². The number of nitrogens with zero attached hydrogens (tertiary/aromatic N) is 2. The van der Waals surface area contributed by atoms with Crippen molar-refractivity contribution in [1.82, 2.24) is 0 Å². The lowest BCUT2D eigenvalue weighted by atomic mass is 10.1. The lowest BCUT2D eigenvalue weighted by Gasteiger charge is -2.14. The molecule has 0 unspecified atom stereocenters. The van der Waals surface area contributed by atoms with E-state index in [1.165, 1.54) is 37.5 Å². The maximum Gasteiger partial charge on any atom is 0.289 e. The smallest absolute Gasteiger partial charge is 0.289 e. The number of nitro benzene ring substituents is 1. The van der Waals surface area contributed by atoms with E-state index in [9.17, 15) is 24.6 Å². The number of nitro groups is 1. The number of anilines is 1. The monoisotopic (exact) mass is 559 g/mol. The molecule has 3 aromatic rings. The molecular weight excluding hydrogens is 545 g/mol. The first-order valence-electron chi connectivity index (χ1n) is 9.83. The van der Waals surface area contributed by atoms with E-state index >= 15 is 0 Å². The average molecular weight is 561 g/mol. The topological polar surface area (TPSA) is 114 Å². The number of hydrogen-bond donors (Lipinski definition) is 1. The van der Waals surface area contributed by atoms with Gasteiger partial charge in [-0.25, -0.2) is 4.39 Å². The fraction of sp³-hybridized carbons (Fsp3) is 0.0833. The van der Waals surface area contributed by atoms with Crippen LogP contribution in [0.4, 0.5) is 15.8 Å². The molecule has 3 aromatic carbocycles. The first kappa shape index (κ1) is 25.7. The number of carbonyl (C=O) groups is 1. The number of halogens is 3. The Morgan fingerprint density at radius 3 is 2.60 bits per heavy atom. The molecule has 178 valence electrons. The van der Waals surface area contributed by atoms with Crippen molar-refractivity contribution in [3.63, 3.8) is 0 Å². The van der Waals surface area contributed by atoms with E-state index in [4.69, 9.17) is 21.1 Å². The Morgan fingerprint density at radius 2 is 1.97 bits per heavy atom. The van der Waals surface area contributed by atoms with E-state index in [0.29, 0.717) is 21.5 Å². The Kier molecular flexibility index (Phi) is 8.41. The Morgan fingerprint density at radius 1 is 1.26 bits per heavy atom. The summed E-state index contributed by atoms with van der Waals surface area (Å²) >= 11 is 9.19. The molecule has 1 N–H and O–H groups in total. The summed E-state index contributed by atoms with van der Waals surface area (Å²) in [5.74, 6) is -0.407. The zero-order valence-corrected chi connectivity index (χ0v) is 20.4. The molecule has 0 aliphatic carbocycles. The fourth-order valence-corrected chi connectivity index (χ4v) is 3.70. The number of amides is 1. The molecule has 3 rings (SSSR count). The van der Waals surface area contributed by atoms with Crippen molar-refractivity contribution in [3.8, 4) is 17.6 Å². The van der Waals surface area contributed by atoms with Crippen LogP contribution >= 0.6 is 27.5 Å². The van der Waals surface area contributed by atoms with Gasteiger partial charge in [0.25, 0.3) is 11.6 Å². The van der Waals surface area contributed by atoms with Gasteiger partial charge in [0.05, 0.1) is 16.5 Å². The molecule has 0 heterocycles. The van der Waals surface area contributed by atoms with E-state index in [1.807, 2.05) is 6.07 Å². The summed E-state index contributed by atoms with van der Waals surface area (Å²) in [6.07, 6.45) is 1.33. The second kappa shape index (κ2) is 11.5. The summed E-state index contributed by atoms with van der Waals surface area (Å²) in [6, 6.07) is 14.6. The molecule has 0 spiro atoms. The van der Waals surface area contributed by atoms with Crippen LogP contribution in [0.25, 0.3) is 6.08 Å². The van der Waals surface area contributed by atoms with Crippen LogP contribution in [-0.4, -0.2) is 17.9 Å². The van der Waals surface area contributed by atoms with Gasteiger partial charge in [-0.15, -0.1) is 0 Å². The van der Waals surface area contributed by atoms with E-state index < -0.39 is 10.8 Å². The van der Waals surface area contributed by atoms with E-state index in [2.05, 4.69) is 21.2 Å². The molecule has 0 aliphatic heterocycles. The van der Waals surface area contributed by atoms with Crippen molar-refractivity contribution < 1.29 is 23.6 Å². The zero-order chi connectivity index (χ0) is 25.5. The van der Waals surface area contributed by atoms with E-state index in [0.717, 1.165) is 11.6 Å². The number of nitrogens with one attached hydrogen (secondary N) is 1. The molecule has 0 saturated heterocycles. The van der Waals surface area contributed by atoms with Crippen LogP contribution in [-0.2, 0) is 11.4 Å². The largest absolute Gasteiger partial charge is 0.493 e. The first-order valence-corrected chi connectivity index (χ1v) is 11.0. The quantitative estimate of drug-likeness (QED) is 0.150. The SMILES string of the molecule is COc1cc(/C=C(\C#N)C(=O)Nc2ccc(Cl)c([N+](=O)[O-])c2)cc(Br)c1OCc1ccc(F)cc1. The fourth-order valence-electron chi connectivity index (χ4n) is 2.94. The third kappa shape index (κ3) is 6.56. The molecule has 0 aliphatic rings. The van der Waals surface area contributed by atoms with Crippen molar-refractivity contribution in [2.24, 2.45) is 0 Å². The minimum absolute atomic E-state index is 0.0808. The van der Waals surface area contributed by atoms with Gasteiger partial charge in [-0.1, -0.05) is 23.7 Å². The molecule has 0 fully saturated rings. The van der Waals surface area contributed by atoms with Crippen molar-refractivity contribution >= 4 is 50.9 Å². The minimum atomic E-state index is -0.768. The molecule has 0 saturated carbocycles. The van der Waals surface area contributed by atoms with Crippen LogP contribution in [0.15, 0.2) is 64.6 Å². The van der Waals surface area contributed by atoms with E-state index in [1.54, 1.807) is 24.3 Å². The number of nitriles is 1. The van der Waals surface area contributed by atoms with Gasteiger partial charge >= 0.3 is 0 Å². The third-order valence-electron chi connectivity index (χ3n) is 4.62. The highest BCUT2D eigenvalue weighted by Crippen LogP contribution is 2.38. The van der Waals surface area contributed by atoms with Crippen LogP contribution in [0.5, 0.6) is 11.5 Å². The summed E-state index contributed by atoms with van der Waals surface area (Å²) in [7, 11) is 1.44. The van der Waals surface area contributed by atoms with Crippen LogP contribution < -0.4 is 14.8 Å². The van der Waals surface area contributed by atoms with Crippen LogP contribution in [0, 0.1) is 27.3 Å². The minimum Gasteiger partial charge on any atom is -0.493 e. The van der Waals surface area contributed by atoms with Crippen molar-refractivity contribution in [3.05, 3.63) is 96.7 Å². The Labute approximate surface area is 212 Å². The van der Waals surface area contributed by atoms with Gasteiger partial charge in [-0.05, 0) is 69.5 Å². The number of methoxy groups -OCH3 is 1. The average Bonchev–Trinajstić information content (AvgIpc) is 2.83. The number of hydrogen-bond acceptors (Lipinski definition) is 6. The number of carbonyl (C=O) groups excluding carboxylic acids is 1. The van der Waals surface area contributed by atoms with Gasteiger partial charge in [0.2, 0.25) is 0 Å². The van der Waals surface area contributed by atoms with Gasteiger partial charge in [0.1, 0.15) is 29.1 Å². The molecule has 0 bridgehead atoms. The molecule has 0 radical (unpaired) electrons. The predicted molar refractivity (Wildman–Crippen MR) is 132 cm³/mol. The molecule has 35 heavy (non-hydrogen) atoms. The molecule has 0 aromatic heterocycles. The summed E-state index contributed by atoms with van der Waals surface area (Å²) in [5.41, 5.74) is 0.677. The van der Waals surface area contributed by atoms with Crippen molar-refractivity contribution in [2.75, 3.05) is 12.4 Å². The molecule has 8 nitrogen and oxygen atoms in total. The Bertz CT molecular complexity index is 1360. The molecular formula is C24H16BrClFN3O5. The van der Waals surface area contributed by atoms with Gasteiger partial charge < -0.3 is 14.8 Å². The zero-order valence-electron chi connectivity index (χ0n) is 18.1. The molecule has 1 amide bonds. The molecule has 11 heteroatoms. The van der Waals surface area contributed by atoms with Gasteiger partial charge in [-0.2, -0.15) is 5.26 Å². The lowest BCUT2D eigenvalue weighted by molar-refractivity contribution is -0.384. The van der Waals surface area contributed by atoms with Crippen molar-refractivity contribution in [2.45, 2.75) is 6.61 Å². The van der Waals surface area contributed by atoms with Crippen LogP contribution in [0.3, 0.4) is 0 Å². The highest BCUT2D eigenvalue weighted by atomic mass is 79.9. The Balaban J connectivity index is 1.82. The summed E-state index contributed by atoms with van der Waals surface area (Å²) in [4.78, 5) is 23.0. The lowest BCUT2D eigenvalue weighted by Crippen LogP contribution is -2.13. The maximum absolute atomic E-state index is 13.1. The standard InChI is InChI=1S/C24H16BrClFN3O5/c1-34-22-10-15(9-19(25)23(22)35-13-14-2-4-17(27)5-3-14)8-16(12-28)24(31)29-18-6-7-20(26)21(11-18)30(32)33/h2-11H,13H2,1H3,(H,29,31)/b16-8+. The van der Waals surface area contributed by atoms with Crippen LogP contribution in [0.1, 0.15) is 11.1 Å². The second-order valence-electron chi connectivity index (χ2n) is 7.00. The summed E-state index contributed by atoms with van der Waals surface area (Å²) in [6.45, 7) is 0.156. The number of rotatable bonds is 8. The van der Waals surface area contributed by atoms with Gasteiger partial charge in [0, 0.05) is 11.8 Å². The highest BCUT2D eigenvalue weighted by Gasteiger charge is 2.17. The highest BCUT2D eigenvalue weighted by molar-refractivity contribution is 9.10. The van der Waals surface area contributed by atoms with E-state index in [-0.39, 0.29) is 34.4 Å². The summed E-state index contributed by atoms with van der Waals surface area (Å²) < 4.78 is 24.8. The second-order valence-corrected chi connectivity index (χ2v) is 8.26. The summed E-state index contributed by atoms with van der Waals surface area (Å²) in [5, 5.41) is 22.9. The van der Waals surface area contributed by atoms with Gasteiger partial charge in [-0.3, -0.25) is 14.9 Å². The number of benzene rings is 3.